The quantitative estimate of drug-likeness (QED) is 0.425. The summed E-state index contributed by atoms with van der Waals surface area (Å²) in [6, 6.07) is 3.52. The van der Waals surface area contributed by atoms with Crippen molar-refractivity contribution in [1.29, 1.82) is 10.5 Å². The van der Waals surface area contributed by atoms with Crippen molar-refractivity contribution in [3.8, 4) is 12.1 Å². The summed E-state index contributed by atoms with van der Waals surface area (Å²) >= 11 is 0. The van der Waals surface area contributed by atoms with E-state index in [2.05, 4.69) is 36.2 Å². The molecule has 0 bridgehead atoms. The molecule has 2 atom stereocenters. The Kier molecular flexibility index (Phi) is 11.1. The molecule has 18 heavy (non-hydrogen) atoms. The van der Waals surface area contributed by atoms with Crippen LogP contribution in [0.15, 0.2) is 10.2 Å². The highest BCUT2D eigenvalue weighted by molar-refractivity contribution is 4.92. The van der Waals surface area contributed by atoms with E-state index in [4.69, 9.17) is 10.5 Å². The Morgan fingerprint density at radius 2 is 1.17 bits per heavy atom. The van der Waals surface area contributed by atoms with Gasteiger partial charge in [0.15, 0.2) is 12.1 Å². The fourth-order valence-corrected chi connectivity index (χ4v) is 1.63. The molecule has 0 fully saturated rings. The largest absolute Gasteiger partial charge is 0.196 e. The maximum Gasteiger partial charge on any atom is 0.157 e. The molecule has 0 saturated heterocycles. The van der Waals surface area contributed by atoms with Gasteiger partial charge < -0.3 is 0 Å². The van der Waals surface area contributed by atoms with Crippen molar-refractivity contribution in [1.82, 2.24) is 0 Å². The van der Waals surface area contributed by atoms with Crippen molar-refractivity contribution in [2.45, 2.75) is 77.3 Å². The van der Waals surface area contributed by atoms with Gasteiger partial charge in [-0.25, -0.2) is 0 Å². The highest BCUT2D eigenvalue weighted by Gasteiger charge is 2.08. The SMILES string of the molecule is CCCCCC(C#N)/N=N/C(C#N)CCCCC. The second-order valence-corrected chi connectivity index (χ2v) is 4.51. The van der Waals surface area contributed by atoms with Crippen molar-refractivity contribution < 1.29 is 0 Å². The van der Waals surface area contributed by atoms with Crippen molar-refractivity contribution in [3.05, 3.63) is 0 Å². The number of nitriles is 2. The summed E-state index contributed by atoms with van der Waals surface area (Å²) in [5.74, 6) is 0. The van der Waals surface area contributed by atoms with E-state index >= 15 is 0 Å². The zero-order chi connectivity index (χ0) is 13.6. The Labute approximate surface area is 111 Å². The van der Waals surface area contributed by atoms with Crippen LogP contribution in [0.25, 0.3) is 0 Å². The molecule has 0 aliphatic rings. The lowest BCUT2D eigenvalue weighted by atomic mass is 10.1. The van der Waals surface area contributed by atoms with Crippen LogP contribution in [0.2, 0.25) is 0 Å². The Morgan fingerprint density at radius 1 is 0.778 bits per heavy atom. The van der Waals surface area contributed by atoms with Crippen molar-refractivity contribution in [3.63, 3.8) is 0 Å². The molecule has 0 saturated carbocycles. The average Bonchev–Trinajstić information content (AvgIpc) is 2.40. The molecule has 0 heterocycles. The van der Waals surface area contributed by atoms with E-state index in [0.717, 1.165) is 51.4 Å². The van der Waals surface area contributed by atoms with Gasteiger partial charge >= 0.3 is 0 Å². The molecule has 2 unspecified atom stereocenters. The van der Waals surface area contributed by atoms with Crippen LogP contribution in [0, 0.1) is 22.7 Å². The minimum Gasteiger partial charge on any atom is -0.196 e. The zero-order valence-electron chi connectivity index (χ0n) is 11.6. The Balaban J connectivity index is 4.04. The molecule has 100 valence electrons. The van der Waals surface area contributed by atoms with Gasteiger partial charge in [0.25, 0.3) is 0 Å². The molecule has 0 N–H and O–H groups in total. The third kappa shape index (κ3) is 8.70. The van der Waals surface area contributed by atoms with Crippen LogP contribution in [0.5, 0.6) is 0 Å². The normalized spacial score (nSPS) is 14.0. The van der Waals surface area contributed by atoms with Crippen LogP contribution in [0.3, 0.4) is 0 Å². The molecule has 0 amide bonds. The summed E-state index contributed by atoms with van der Waals surface area (Å²) in [6.07, 6.45) is 8.00. The number of hydrogen-bond donors (Lipinski definition) is 0. The van der Waals surface area contributed by atoms with E-state index in [-0.39, 0.29) is 12.1 Å². The van der Waals surface area contributed by atoms with Gasteiger partial charge in [0.2, 0.25) is 0 Å². The molecule has 0 aromatic carbocycles. The first kappa shape index (κ1) is 16.6. The maximum atomic E-state index is 8.94. The molecule has 0 rings (SSSR count). The first-order chi connectivity index (χ1) is 8.78. The standard InChI is InChI=1S/C14H24N4/c1-3-5-7-9-13(11-15)17-18-14(12-16)10-8-6-4-2/h13-14H,3-10H2,1-2H3/b18-17+. The van der Waals surface area contributed by atoms with Crippen LogP contribution >= 0.6 is 0 Å². The molecule has 0 spiro atoms. The van der Waals surface area contributed by atoms with Crippen LogP contribution in [-0.4, -0.2) is 12.1 Å². The van der Waals surface area contributed by atoms with Gasteiger partial charge in [0.05, 0.1) is 12.1 Å². The van der Waals surface area contributed by atoms with E-state index in [9.17, 15) is 0 Å². The number of hydrogen-bond acceptors (Lipinski definition) is 4. The fourth-order valence-electron chi connectivity index (χ4n) is 1.63. The topological polar surface area (TPSA) is 72.3 Å². The van der Waals surface area contributed by atoms with E-state index in [0.29, 0.717) is 0 Å². The van der Waals surface area contributed by atoms with E-state index in [1.165, 1.54) is 0 Å². The molecule has 0 aliphatic carbocycles. The highest BCUT2D eigenvalue weighted by atomic mass is 15.1. The zero-order valence-corrected chi connectivity index (χ0v) is 11.6. The number of rotatable bonds is 10. The van der Waals surface area contributed by atoms with E-state index < -0.39 is 0 Å². The highest BCUT2D eigenvalue weighted by Crippen LogP contribution is 2.10. The first-order valence-electron chi connectivity index (χ1n) is 6.97. The second kappa shape index (κ2) is 12.0. The lowest BCUT2D eigenvalue weighted by Gasteiger charge is -2.04. The summed E-state index contributed by atoms with van der Waals surface area (Å²) < 4.78 is 0. The van der Waals surface area contributed by atoms with Gasteiger partial charge in [-0.05, 0) is 12.8 Å². The Morgan fingerprint density at radius 3 is 1.44 bits per heavy atom. The minimum absolute atomic E-state index is 0.376. The predicted octanol–water partition coefficient (Wildman–Crippen LogP) is 4.38. The van der Waals surface area contributed by atoms with Crippen molar-refractivity contribution in [2.24, 2.45) is 10.2 Å². The molecule has 4 heteroatoms. The molecule has 4 nitrogen and oxygen atoms in total. The molecule has 0 aromatic rings. The maximum absolute atomic E-state index is 8.94. The summed E-state index contributed by atoms with van der Waals surface area (Å²) in [6.45, 7) is 4.25. The monoisotopic (exact) mass is 248 g/mol. The predicted molar refractivity (Wildman–Crippen MR) is 71.9 cm³/mol. The second-order valence-electron chi connectivity index (χ2n) is 4.51. The summed E-state index contributed by atoms with van der Waals surface area (Å²) in [4.78, 5) is 0. The lowest BCUT2D eigenvalue weighted by Crippen LogP contribution is -2.04. The molecule has 0 radical (unpaired) electrons. The molecule has 0 aromatic heterocycles. The van der Waals surface area contributed by atoms with E-state index in [1.54, 1.807) is 0 Å². The van der Waals surface area contributed by atoms with Crippen LogP contribution in [0.4, 0.5) is 0 Å². The third-order valence-corrected chi connectivity index (χ3v) is 2.81. The van der Waals surface area contributed by atoms with Gasteiger partial charge in [0.1, 0.15) is 0 Å². The molecule has 0 aliphatic heterocycles. The molecular formula is C14H24N4. The van der Waals surface area contributed by atoms with Gasteiger partial charge in [-0.15, -0.1) is 0 Å². The number of azo groups is 1. The summed E-state index contributed by atoms with van der Waals surface area (Å²) in [5, 5.41) is 25.9. The Bertz CT molecular complexity index is 268. The summed E-state index contributed by atoms with van der Waals surface area (Å²) in [7, 11) is 0. The van der Waals surface area contributed by atoms with Gasteiger partial charge in [-0.2, -0.15) is 20.8 Å². The Hall–Kier alpha value is -1.42. The van der Waals surface area contributed by atoms with Gasteiger partial charge in [-0.1, -0.05) is 52.4 Å². The van der Waals surface area contributed by atoms with E-state index in [1.807, 2.05) is 0 Å². The fraction of sp³-hybridized carbons (Fsp3) is 0.857. The smallest absolute Gasteiger partial charge is 0.157 e. The van der Waals surface area contributed by atoms with Crippen LogP contribution < -0.4 is 0 Å². The lowest BCUT2D eigenvalue weighted by molar-refractivity contribution is 0.571. The molecular weight excluding hydrogens is 224 g/mol. The average molecular weight is 248 g/mol. The van der Waals surface area contributed by atoms with Gasteiger partial charge in [0, 0.05) is 0 Å². The number of nitrogens with zero attached hydrogens (tertiary/aromatic N) is 4. The number of unbranched alkanes of at least 4 members (excludes halogenated alkanes) is 4. The third-order valence-electron chi connectivity index (χ3n) is 2.81. The van der Waals surface area contributed by atoms with Crippen molar-refractivity contribution >= 4 is 0 Å². The van der Waals surface area contributed by atoms with Crippen LogP contribution in [0.1, 0.15) is 65.2 Å². The van der Waals surface area contributed by atoms with Gasteiger partial charge in [-0.3, -0.25) is 0 Å². The summed E-state index contributed by atoms with van der Waals surface area (Å²) in [5.41, 5.74) is 0. The van der Waals surface area contributed by atoms with Crippen molar-refractivity contribution in [2.75, 3.05) is 0 Å². The minimum atomic E-state index is -0.376. The van der Waals surface area contributed by atoms with Crippen LogP contribution in [-0.2, 0) is 0 Å². The first-order valence-corrected chi connectivity index (χ1v) is 6.97.